The molecule has 1 aliphatic heterocycles. The molecule has 1 heterocycles. The van der Waals surface area contributed by atoms with Gasteiger partial charge in [0.25, 0.3) is 0 Å². The summed E-state index contributed by atoms with van der Waals surface area (Å²) in [7, 11) is 0. The largest absolute Gasteiger partial charge is 0.352 e. The van der Waals surface area contributed by atoms with E-state index in [1.807, 2.05) is 24.3 Å². The van der Waals surface area contributed by atoms with Crippen LogP contribution in [0.2, 0.25) is 0 Å². The van der Waals surface area contributed by atoms with Crippen molar-refractivity contribution in [3.05, 3.63) is 69.7 Å². The summed E-state index contributed by atoms with van der Waals surface area (Å²) in [5, 5.41) is 3.07. The maximum Gasteiger partial charge on any atom is 0.224 e. The molecule has 0 radical (unpaired) electrons. The molecule has 0 bridgehead atoms. The third-order valence-electron chi connectivity index (χ3n) is 4.69. The van der Waals surface area contributed by atoms with E-state index in [-0.39, 0.29) is 5.91 Å². The molecule has 3 rings (SSSR count). The van der Waals surface area contributed by atoms with Crippen molar-refractivity contribution < 1.29 is 4.79 Å². The molecule has 132 valence electrons. The first-order valence-electron chi connectivity index (χ1n) is 9.01. The van der Waals surface area contributed by atoms with Gasteiger partial charge >= 0.3 is 0 Å². The van der Waals surface area contributed by atoms with Gasteiger partial charge < -0.3 is 5.32 Å². The molecule has 0 aliphatic carbocycles. The van der Waals surface area contributed by atoms with Crippen LogP contribution in [-0.2, 0) is 24.3 Å². The summed E-state index contributed by atoms with van der Waals surface area (Å²) in [6.07, 6.45) is 4.36. The monoisotopic (exact) mass is 400 g/mol. The molecule has 0 spiro atoms. The van der Waals surface area contributed by atoms with Crippen LogP contribution in [0.1, 0.15) is 36.0 Å². The molecule has 3 nitrogen and oxygen atoms in total. The van der Waals surface area contributed by atoms with Gasteiger partial charge in [-0.2, -0.15) is 0 Å². The van der Waals surface area contributed by atoms with Crippen LogP contribution >= 0.6 is 15.9 Å². The fourth-order valence-corrected chi connectivity index (χ4v) is 3.78. The summed E-state index contributed by atoms with van der Waals surface area (Å²) in [5.74, 6) is 0.0610. The third kappa shape index (κ3) is 5.68. The first-order chi connectivity index (χ1) is 12.2. The molecule has 2 aromatic carbocycles. The van der Waals surface area contributed by atoms with Crippen molar-refractivity contribution in [2.45, 2.75) is 38.8 Å². The maximum absolute atomic E-state index is 12.3. The van der Waals surface area contributed by atoms with Crippen LogP contribution < -0.4 is 5.32 Å². The van der Waals surface area contributed by atoms with Crippen LogP contribution in [0, 0.1) is 0 Å². The minimum atomic E-state index is 0.0610. The number of carbonyl (C=O) groups excluding carboxylic acids is 1. The molecule has 0 atom stereocenters. The Kier molecular flexibility index (Phi) is 6.65. The highest BCUT2D eigenvalue weighted by Gasteiger charge is 2.13. The van der Waals surface area contributed by atoms with E-state index in [9.17, 15) is 4.79 Å². The van der Waals surface area contributed by atoms with Crippen molar-refractivity contribution in [2.75, 3.05) is 13.1 Å². The van der Waals surface area contributed by atoms with Crippen molar-refractivity contribution in [2.24, 2.45) is 0 Å². The number of nitrogens with one attached hydrogen (secondary N) is 1. The number of halogens is 1. The average Bonchev–Trinajstić information content (AvgIpc) is 2.62. The van der Waals surface area contributed by atoms with Crippen molar-refractivity contribution >= 4 is 21.8 Å². The number of hydrogen-bond acceptors (Lipinski definition) is 2. The smallest absolute Gasteiger partial charge is 0.224 e. The second-order valence-corrected chi connectivity index (χ2v) is 7.60. The molecule has 0 unspecified atom stereocenters. The Morgan fingerprint density at radius 3 is 2.52 bits per heavy atom. The van der Waals surface area contributed by atoms with Crippen molar-refractivity contribution in [1.82, 2.24) is 10.2 Å². The Bertz CT molecular complexity index is 711. The molecule has 25 heavy (non-hydrogen) atoms. The van der Waals surface area contributed by atoms with Crippen LogP contribution in [0.15, 0.2) is 53.0 Å². The van der Waals surface area contributed by atoms with Crippen molar-refractivity contribution in [3.8, 4) is 0 Å². The van der Waals surface area contributed by atoms with Crippen molar-refractivity contribution in [3.63, 3.8) is 0 Å². The zero-order valence-corrected chi connectivity index (χ0v) is 16.1. The number of piperidine rings is 1. The van der Waals surface area contributed by atoms with Gasteiger partial charge in [-0.3, -0.25) is 9.69 Å². The summed E-state index contributed by atoms with van der Waals surface area (Å²) < 4.78 is 1.00. The van der Waals surface area contributed by atoms with Crippen LogP contribution in [0.5, 0.6) is 0 Å². The van der Waals surface area contributed by atoms with Gasteiger partial charge in [0.1, 0.15) is 0 Å². The van der Waals surface area contributed by atoms with Crippen LogP contribution in [0.4, 0.5) is 0 Å². The Hall–Kier alpha value is -1.65. The van der Waals surface area contributed by atoms with Crippen LogP contribution in [0.3, 0.4) is 0 Å². The Morgan fingerprint density at radius 2 is 1.76 bits per heavy atom. The summed E-state index contributed by atoms with van der Waals surface area (Å²) in [6, 6.07) is 16.3. The second-order valence-electron chi connectivity index (χ2n) is 6.69. The highest BCUT2D eigenvalue weighted by molar-refractivity contribution is 9.10. The summed E-state index contributed by atoms with van der Waals surface area (Å²) in [5.41, 5.74) is 3.57. The molecule has 1 fully saturated rings. The Balaban J connectivity index is 1.56. The van der Waals surface area contributed by atoms with E-state index in [0.29, 0.717) is 13.0 Å². The molecule has 1 saturated heterocycles. The summed E-state index contributed by atoms with van der Waals surface area (Å²) >= 11 is 3.45. The predicted molar refractivity (Wildman–Crippen MR) is 105 cm³/mol. The lowest BCUT2D eigenvalue weighted by atomic mass is 10.0. The first-order valence-corrected chi connectivity index (χ1v) is 9.80. The van der Waals surface area contributed by atoms with E-state index in [4.69, 9.17) is 0 Å². The number of likely N-dealkylation sites (tertiary alicyclic amines) is 1. The van der Waals surface area contributed by atoms with E-state index in [1.54, 1.807) is 0 Å². The summed E-state index contributed by atoms with van der Waals surface area (Å²) in [6.45, 7) is 3.95. The lowest BCUT2D eigenvalue weighted by Crippen LogP contribution is -2.30. The molecule has 1 aliphatic rings. The maximum atomic E-state index is 12.3. The standard InChI is InChI=1S/C21H25BrN2O/c22-20-10-6-7-17(13-20)14-21(25)23-15-18-8-2-3-9-19(18)16-24-11-4-1-5-12-24/h2-3,6-10,13H,1,4-5,11-12,14-16H2,(H,23,25). The summed E-state index contributed by atoms with van der Waals surface area (Å²) in [4.78, 5) is 14.8. The third-order valence-corrected chi connectivity index (χ3v) is 5.18. The van der Waals surface area contributed by atoms with Gasteiger partial charge in [0.15, 0.2) is 0 Å². The van der Waals surface area contributed by atoms with Gasteiger partial charge in [0.2, 0.25) is 5.91 Å². The van der Waals surface area contributed by atoms with Gasteiger partial charge in [-0.25, -0.2) is 0 Å². The number of benzene rings is 2. The molecule has 1 amide bonds. The average molecular weight is 401 g/mol. The highest BCUT2D eigenvalue weighted by Crippen LogP contribution is 2.16. The lowest BCUT2D eigenvalue weighted by molar-refractivity contribution is -0.120. The molecule has 0 saturated carbocycles. The van der Waals surface area contributed by atoms with Crippen LogP contribution in [0.25, 0.3) is 0 Å². The number of amides is 1. The molecular weight excluding hydrogens is 376 g/mol. The number of rotatable bonds is 6. The zero-order chi connectivity index (χ0) is 17.5. The lowest BCUT2D eigenvalue weighted by Gasteiger charge is -2.27. The Morgan fingerprint density at radius 1 is 1.00 bits per heavy atom. The van der Waals surface area contributed by atoms with E-state index in [2.05, 4.69) is 50.4 Å². The fourth-order valence-electron chi connectivity index (χ4n) is 3.33. The topological polar surface area (TPSA) is 32.3 Å². The Labute approximate surface area is 158 Å². The molecule has 0 aromatic heterocycles. The SMILES string of the molecule is O=C(Cc1cccc(Br)c1)NCc1ccccc1CN1CCCCC1. The van der Waals surface area contributed by atoms with Gasteiger partial charge in [0.05, 0.1) is 6.42 Å². The molecule has 4 heteroatoms. The predicted octanol–water partition coefficient (Wildman–Crippen LogP) is 4.29. The fraction of sp³-hybridized carbons (Fsp3) is 0.381. The molecular formula is C21H25BrN2O. The zero-order valence-electron chi connectivity index (χ0n) is 14.5. The van der Waals surface area contributed by atoms with E-state index >= 15 is 0 Å². The second kappa shape index (κ2) is 9.16. The molecule has 1 N–H and O–H groups in total. The van der Waals surface area contributed by atoms with Gasteiger partial charge in [-0.15, -0.1) is 0 Å². The van der Waals surface area contributed by atoms with Gasteiger partial charge in [-0.05, 0) is 54.8 Å². The van der Waals surface area contributed by atoms with Crippen LogP contribution in [-0.4, -0.2) is 23.9 Å². The highest BCUT2D eigenvalue weighted by atomic mass is 79.9. The van der Waals surface area contributed by atoms with E-state index in [0.717, 1.165) is 16.6 Å². The minimum Gasteiger partial charge on any atom is -0.352 e. The minimum absolute atomic E-state index is 0.0610. The first kappa shape index (κ1) is 18.2. The van der Waals surface area contributed by atoms with E-state index in [1.165, 1.54) is 43.5 Å². The molecule has 2 aromatic rings. The number of carbonyl (C=O) groups is 1. The number of nitrogens with zero attached hydrogens (tertiary/aromatic N) is 1. The number of hydrogen-bond donors (Lipinski definition) is 1. The normalized spacial score (nSPS) is 15.1. The van der Waals surface area contributed by atoms with Crippen molar-refractivity contribution in [1.29, 1.82) is 0 Å². The quantitative estimate of drug-likeness (QED) is 0.783. The van der Waals surface area contributed by atoms with Gasteiger partial charge in [-0.1, -0.05) is 58.7 Å². The van der Waals surface area contributed by atoms with Gasteiger partial charge in [0, 0.05) is 17.6 Å². The van der Waals surface area contributed by atoms with E-state index < -0.39 is 0 Å².